The summed E-state index contributed by atoms with van der Waals surface area (Å²) >= 11 is 0. The van der Waals surface area contributed by atoms with Gasteiger partial charge in [0.2, 0.25) is 15.9 Å². The van der Waals surface area contributed by atoms with Crippen molar-refractivity contribution in [3.8, 4) is 11.1 Å². The number of carbonyl (C=O) groups is 2. The van der Waals surface area contributed by atoms with Crippen LogP contribution in [-0.2, 0) is 14.8 Å². The summed E-state index contributed by atoms with van der Waals surface area (Å²) < 4.78 is 39.9. The Bertz CT molecular complexity index is 1100. The van der Waals surface area contributed by atoms with Crippen LogP contribution in [-0.4, -0.2) is 43.5 Å². The number of sulfonamides is 1. The maximum atomic E-state index is 14.6. The molecular weight excluding hydrogens is 433 g/mol. The largest absolute Gasteiger partial charge is 0.342 e. The SMILES string of the molecule is Cc1cc(-c2ccccc2)cc(C(=O)NNS(=O)(=O)C2CCN(C(=O)C(C)C)CC2)c1F. The molecule has 1 aliphatic rings. The molecule has 9 heteroatoms. The number of carbonyl (C=O) groups excluding carboxylic acids is 2. The highest BCUT2D eigenvalue weighted by Crippen LogP contribution is 2.25. The van der Waals surface area contributed by atoms with E-state index in [4.69, 9.17) is 0 Å². The Morgan fingerprint density at radius 3 is 2.28 bits per heavy atom. The predicted octanol–water partition coefficient (Wildman–Crippen LogP) is 3.01. The third-order valence-corrected chi connectivity index (χ3v) is 7.34. The van der Waals surface area contributed by atoms with E-state index in [-0.39, 0.29) is 35.8 Å². The highest BCUT2D eigenvalue weighted by molar-refractivity contribution is 7.90. The van der Waals surface area contributed by atoms with E-state index in [1.54, 1.807) is 31.7 Å². The molecule has 7 nitrogen and oxygen atoms in total. The molecule has 0 aromatic heterocycles. The summed E-state index contributed by atoms with van der Waals surface area (Å²) in [5.74, 6) is -1.74. The number of amides is 2. The number of rotatable bonds is 6. The molecule has 2 amide bonds. The molecule has 3 rings (SSSR count). The minimum absolute atomic E-state index is 0.00810. The Labute approximate surface area is 188 Å². The first-order valence-corrected chi connectivity index (χ1v) is 12.1. The van der Waals surface area contributed by atoms with E-state index in [2.05, 4.69) is 10.3 Å². The van der Waals surface area contributed by atoms with Crippen molar-refractivity contribution in [1.29, 1.82) is 0 Å². The van der Waals surface area contributed by atoms with E-state index in [1.165, 1.54) is 6.07 Å². The van der Waals surface area contributed by atoms with E-state index in [0.29, 0.717) is 18.7 Å². The normalized spacial score (nSPS) is 15.1. The number of nitrogens with one attached hydrogen (secondary N) is 2. The number of piperidine rings is 1. The van der Waals surface area contributed by atoms with E-state index < -0.39 is 27.0 Å². The van der Waals surface area contributed by atoms with Gasteiger partial charge in [0.25, 0.3) is 5.91 Å². The van der Waals surface area contributed by atoms with Crippen molar-refractivity contribution in [2.75, 3.05) is 13.1 Å². The van der Waals surface area contributed by atoms with Crippen molar-refractivity contribution in [2.24, 2.45) is 5.92 Å². The second kappa shape index (κ2) is 9.79. The van der Waals surface area contributed by atoms with Crippen LogP contribution in [0.15, 0.2) is 42.5 Å². The van der Waals surface area contributed by atoms with Crippen LogP contribution in [0.2, 0.25) is 0 Å². The Hall–Kier alpha value is -2.78. The molecule has 0 atom stereocenters. The first-order chi connectivity index (χ1) is 15.1. The number of hydrogen-bond donors (Lipinski definition) is 2. The molecule has 0 spiro atoms. The van der Waals surface area contributed by atoms with Gasteiger partial charge in [0.05, 0.1) is 10.8 Å². The lowest BCUT2D eigenvalue weighted by Gasteiger charge is -2.32. The minimum Gasteiger partial charge on any atom is -0.342 e. The Balaban J connectivity index is 1.68. The van der Waals surface area contributed by atoms with E-state index in [0.717, 1.165) is 5.56 Å². The van der Waals surface area contributed by atoms with Crippen LogP contribution in [0.25, 0.3) is 11.1 Å². The van der Waals surface area contributed by atoms with Crippen LogP contribution < -0.4 is 10.3 Å². The summed E-state index contributed by atoms with van der Waals surface area (Å²) in [6.45, 7) is 5.83. The van der Waals surface area contributed by atoms with Gasteiger partial charge < -0.3 is 4.90 Å². The van der Waals surface area contributed by atoms with Gasteiger partial charge in [0.15, 0.2) is 0 Å². The second-order valence-corrected chi connectivity index (χ2v) is 10.3. The molecule has 1 fully saturated rings. The van der Waals surface area contributed by atoms with Gasteiger partial charge in [-0.25, -0.2) is 12.8 Å². The van der Waals surface area contributed by atoms with Gasteiger partial charge >= 0.3 is 0 Å². The van der Waals surface area contributed by atoms with Crippen LogP contribution in [0.1, 0.15) is 42.6 Å². The zero-order valence-electron chi connectivity index (χ0n) is 18.4. The highest BCUT2D eigenvalue weighted by atomic mass is 32.2. The third-order valence-electron chi connectivity index (χ3n) is 5.60. The maximum Gasteiger partial charge on any atom is 0.269 e. The van der Waals surface area contributed by atoms with Crippen LogP contribution >= 0.6 is 0 Å². The molecule has 2 aromatic carbocycles. The molecule has 1 heterocycles. The topological polar surface area (TPSA) is 95.6 Å². The molecular formula is C23H28FN3O4S. The molecule has 1 aliphatic heterocycles. The van der Waals surface area contributed by atoms with Gasteiger partial charge in [-0.15, -0.1) is 4.83 Å². The average Bonchev–Trinajstić information content (AvgIpc) is 2.79. The molecule has 172 valence electrons. The lowest BCUT2D eigenvalue weighted by atomic mass is 9.99. The van der Waals surface area contributed by atoms with Crippen LogP contribution in [0.4, 0.5) is 4.39 Å². The smallest absolute Gasteiger partial charge is 0.269 e. The lowest BCUT2D eigenvalue weighted by molar-refractivity contribution is -0.135. The molecule has 2 N–H and O–H groups in total. The molecule has 0 bridgehead atoms. The molecule has 32 heavy (non-hydrogen) atoms. The van der Waals surface area contributed by atoms with Gasteiger partial charge in [0.1, 0.15) is 5.82 Å². The van der Waals surface area contributed by atoms with Crippen molar-refractivity contribution in [3.63, 3.8) is 0 Å². The number of aryl methyl sites for hydroxylation is 1. The summed E-state index contributed by atoms with van der Waals surface area (Å²) in [6, 6.07) is 12.2. The number of nitrogens with zero attached hydrogens (tertiary/aromatic N) is 1. The standard InChI is InChI=1S/C23H28FN3O4S/c1-15(2)23(29)27-11-9-19(10-12-27)32(30,31)26-25-22(28)20-14-18(13-16(3)21(20)24)17-7-5-4-6-8-17/h4-8,13-15,19,26H,9-12H2,1-3H3,(H,25,28). The Morgan fingerprint density at radius 2 is 1.69 bits per heavy atom. The molecule has 0 saturated carbocycles. The van der Waals surface area contributed by atoms with Crippen LogP contribution in [0, 0.1) is 18.7 Å². The average molecular weight is 462 g/mol. The number of benzene rings is 2. The van der Waals surface area contributed by atoms with E-state index in [9.17, 15) is 22.4 Å². The first-order valence-electron chi connectivity index (χ1n) is 10.6. The van der Waals surface area contributed by atoms with Gasteiger partial charge in [-0.1, -0.05) is 44.2 Å². The third kappa shape index (κ3) is 5.34. The number of hydrazine groups is 1. The quantitative estimate of drug-likeness (QED) is 0.647. The lowest BCUT2D eigenvalue weighted by Crippen LogP contribution is -2.50. The monoisotopic (exact) mass is 461 g/mol. The van der Waals surface area contributed by atoms with Crippen molar-refractivity contribution in [2.45, 2.75) is 38.9 Å². The highest BCUT2D eigenvalue weighted by Gasteiger charge is 2.32. The molecule has 2 aromatic rings. The van der Waals surface area contributed by atoms with Crippen LogP contribution in [0.5, 0.6) is 0 Å². The minimum atomic E-state index is -3.88. The Morgan fingerprint density at radius 1 is 1.06 bits per heavy atom. The summed E-state index contributed by atoms with van der Waals surface area (Å²) in [4.78, 5) is 28.5. The fourth-order valence-electron chi connectivity index (χ4n) is 3.75. The molecule has 1 saturated heterocycles. The molecule has 0 aliphatic carbocycles. The van der Waals surface area contributed by atoms with Crippen molar-refractivity contribution in [1.82, 2.24) is 15.2 Å². The molecule has 0 radical (unpaired) electrons. The number of hydrogen-bond acceptors (Lipinski definition) is 4. The summed E-state index contributed by atoms with van der Waals surface area (Å²) in [7, 11) is -3.88. The molecule has 0 unspecified atom stereocenters. The van der Waals surface area contributed by atoms with E-state index >= 15 is 0 Å². The van der Waals surface area contributed by atoms with Gasteiger partial charge in [-0.3, -0.25) is 15.0 Å². The first kappa shape index (κ1) is 23.9. The zero-order chi connectivity index (χ0) is 23.5. The number of halogens is 1. The summed E-state index contributed by atoms with van der Waals surface area (Å²) in [5.41, 5.74) is 3.64. The van der Waals surface area contributed by atoms with Gasteiger partial charge in [0, 0.05) is 19.0 Å². The fourth-order valence-corrected chi connectivity index (χ4v) is 4.98. The van der Waals surface area contributed by atoms with E-state index in [1.807, 2.05) is 30.3 Å². The maximum absolute atomic E-state index is 14.6. The fraction of sp³-hybridized carbons (Fsp3) is 0.391. The number of likely N-dealkylation sites (tertiary alicyclic amines) is 1. The van der Waals surface area contributed by atoms with Crippen molar-refractivity contribution < 1.29 is 22.4 Å². The zero-order valence-corrected chi connectivity index (χ0v) is 19.2. The van der Waals surface area contributed by atoms with Crippen molar-refractivity contribution in [3.05, 3.63) is 59.4 Å². The second-order valence-electron chi connectivity index (χ2n) is 8.30. The predicted molar refractivity (Wildman–Crippen MR) is 121 cm³/mol. The Kier molecular flexibility index (Phi) is 7.30. The van der Waals surface area contributed by atoms with Gasteiger partial charge in [-0.05, 0) is 48.6 Å². The van der Waals surface area contributed by atoms with Crippen molar-refractivity contribution >= 4 is 21.8 Å². The van der Waals surface area contributed by atoms with Gasteiger partial charge in [-0.2, -0.15) is 0 Å². The summed E-state index contributed by atoms with van der Waals surface area (Å²) in [6.07, 6.45) is 0.529. The van der Waals surface area contributed by atoms with Crippen LogP contribution in [0.3, 0.4) is 0 Å². The summed E-state index contributed by atoms with van der Waals surface area (Å²) in [5, 5.41) is -0.749.